The molecule has 0 unspecified atom stereocenters. The number of hydrogen-bond acceptors (Lipinski definition) is 6. The van der Waals surface area contributed by atoms with E-state index in [1.54, 1.807) is 12.0 Å². The molecule has 0 radical (unpaired) electrons. The standard InChI is InChI=1S/C21H20N4O3/c1-3-18(26)25-10-11-28-20-17(25)9-8-16-19(20)21(24-13-23-16)22-12-14-4-6-15(27-2)7-5-14/h3-9,13H,1,10-12H2,2H3,(H,22,23,24). The largest absolute Gasteiger partial charge is 0.497 e. The highest BCUT2D eigenvalue weighted by Gasteiger charge is 2.25. The molecular weight excluding hydrogens is 356 g/mol. The van der Waals surface area contributed by atoms with E-state index in [0.717, 1.165) is 22.2 Å². The Bertz CT molecular complexity index is 1030. The molecule has 4 rings (SSSR count). The molecule has 1 aromatic heterocycles. The molecule has 1 N–H and O–H groups in total. The Kier molecular flexibility index (Phi) is 4.80. The predicted octanol–water partition coefficient (Wildman–Crippen LogP) is 3.16. The third kappa shape index (κ3) is 3.22. The Labute approximate surface area is 162 Å². The average molecular weight is 376 g/mol. The number of nitrogens with one attached hydrogen (secondary N) is 1. The number of carbonyl (C=O) groups is 1. The molecule has 0 spiro atoms. The fourth-order valence-corrected chi connectivity index (χ4v) is 3.23. The van der Waals surface area contributed by atoms with Crippen LogP contribution in [0.5, 0.6) is 11.5 Å². The molecule has 0 bridgehead atoms. The van der Waals surface area contributed by atoms with Crippen LogP contribution in [0.15, 0.2) is 55.4 Å². The molecule has 7 heteroatoms. The molecule has 1 aliphatic heterocycles. The topological polar surface area (TPSA) is 76.6 Å². The second-order valence-corrected chi connectivity index (χ2v) is 6.27. The van der Waals surface area contributed by atoms with Crippen LogP contribution in [0.2, 0.25) is 0 Å². The van der Waals surface area contributed by atoms with Crippen molar-refractivity contribution in [3.8, 4) is 11.5 Å². The number of methoxy groups -OCH3 is 1. The first-order chi connectivity index (χ1) is 13.7. The Morgan fingerprint density at radius 2 is 2.11 bits per heavy atom. The van der Waals surface area contributed by atoms with Crippen molar-refractivity contribution in [3.05, 3.63) is 60.9 Å². The van der Waals surface area contributed by atoms with Crippen LogP contribution >= 0.6 is 0 Å². The fourth-order valence-electron chi connectivity index (χ4n) is 3.23. The number of aromatic nitrogens is 2. The highest BCUT2D eigenvalue weighted by Crippen LogP contribution is 2.40. The quantitative estimate of drug-likeness (QED) is 0.690. The molecule has 1 aliphatic rings. The van der Waals surface area contributed by atoms with Gasteiger partial charge in [0.1, 0.15) is 24.5 Å². The summed E-state index contributed by atoms with van der Waals surface area (Å²) >= 11 is 0. The monoisotopic (exact) mass is 376 g/mol. The lowest BCUT2D eigenvalue weighted by molar-refractivity contribution is -0.114. The van der Waals surface area contributed by atoms with Crippen LogP contribution in [0.4, 0.5) is 11.5 Å². The van der Waals surface area contributed by atoms with Gasteiger partial charge in [0.05, 0.1) is 30.2 Å². The summed E-state index contributed by atoms with van der Waals surface area (Å²) in [4.78, 5) is 22.6. The minimum absolute atomic E-state index is 0.159. The Hall–Kier alpha value is -3.61. The highest BCUT2D eigenvalue weighted by atomic mass is 16.5. The van der Waals surface area contributed by atoms with Crippen molar-refractivity contribution in [1.82, 2.24) is 9.97 Å². The molecule has 0 aliphatic carbocycles. The van der Waals surface area contributed by atoms with Crippen LogP contribution < -0.4 is 19.7 Å². The second kappa shape index (κ2) is 7.56. The fraction of sp³-hybridized carbons (Fsp3) is 0.190. The molecule has 0 atom stereocenters. The van der Waals surface area contributed by atoms with E-state index >= 15 is 0 Å². The van der Waals surface area contributed by atoms with Crippen molar-refractivity contribution in [1.29, 1.82) is 0 Å². The number of carbonyl (C=O) groups excluding carboxylic acids is 1. The lowest BCUT2D eigenvalue weighted by Crippen LogP contribution is -2.36. The van der Waals surface area contributed by atoms with E-state index in [9.17, 15) is 4.79 Å². The molecule has 2 aromatic carbocycles. The van der Waals surface area contributed by atoms with Crippen molar-refractivity contribution < 1.29 is 14.3 Å². The van der Waals surface area contributed by atoms with Gasteiger partial charge in [-0.05, 0) is 35.9 Å². The minimum atomic E-state index is -0.159. The molecule has 2 heterocycles. The van der Waals surface area contributed by atoms with Crippen molar-refractivity contribution in [2.45, 2.75) is 6.54 Å². The number of rotatable bonds is 5. The van der Waals surface area contributed by atoms with E-state index < -0.39 is 0 Å². The summed E-state index contributed by atoms with van der Waals surface area (Å²) in [5.41, 5.74) is 2.53. The van der Waals surface area contributed by atoms with Gasteiger partial charge in [-0.25, -0.2) is 9.97 Å². The minimum Gasteiger partial charge on any atom is -0.497 e. The van der Waals surface area contributed by atoms with Crippen molar-refractivity contribution in [2.75, 3.05) is 30.5 Å². The van der Waals surface area contributed by atoms with Crippen LogP contribution in [-0.2, 0) is 11.3 Å². The normalized spacial score (nSPS) is 12.8. The molecule has 0 fully saturated rings. The van der Waals surface area contributed by atoms with Gasteiger partial charge in [-0.15, -0.1) is 0 Å². The maximum absolute atomic E-state index is 12.2. The van der Waals surface area contributed by atoms with Crippen molar-refractivity contribution in [2.24, 2.45) is 0 Å². The molecule has 3 aromatic rings. The second-order valence-electron chi connectivity index (χ2n) is 6.27. The molecule has 0 saturated carbocycles. The lowest BCUT2D eigenvalue weighted by atomic mass is 10.1. The molecule has 7 nitrogen and oxygen atoms in total. The van der Waals surface area contributed by atoms with E-state index in [-0.39, 0.29) is 5.91 Å². The molecular formula is C21H20N4O3. The first-order valence-corrected chi connectivity index (χ1v) is 8.92. The van der Waals surface area contributed by atoms with Gasteiger partial charge >= 0.3 is 0 Å². The maximum atomic E-state index is 12.2. The van der Waals surface area contributed by atoms with Gasteiger partial charge in [-0.1, -0.05) is 18.7 Å². The summed E-state index contributed by atoms with van der Waals surface area (Å²) in [5.74, 6) is 1.92. The third-order valence-corrected chi connectivity index (χ3v) is 4.65. The van der Waals surface area contributed by atoms with Crippen LogP contribution in [0.1, 0.15) is 5.56 Å². The van der Waals surface area contributed by atoms with Gasteiger partial charge in [0.15, 0.2) is 5.75 Å². The zero-order valence-electron chi connectivity index (χ0n) is 15.5. The van der Waals surface area contributed by atoms with E-state index in [4.69, 9.17) is 9.47 Å². The smallest absolute Gasteiger partial charge is 0.250 e. The summed E-state index contributed by atoms with van der Waals surface area (Å²) in [6, 6.07) is 11.5. The molecule has 1 amide bonds. The van der Waals surface area contributed by atoms with Crippen molar-refractivity contribution in [3.63, 3.8) is 0 Å². The number of nitrogens with zero attached hydrogens (tertiary/aromatic N) is 3. The van der Waals surface area contributed by atoms with Crippen LogP contribution in [0, 0.1) is 0 Å². The van der Waals surface area contributed by atoms with Gasteiger partial charge in [0.2, 0.25) is 0 Å². The lowest BCUT2D eigenvalue weighted by Gasteiger charge is -2.29. The molecule has 142 valence electrons. The van der Waals surface area contributed by atoms with E-state index in [1.807, 2.05) is 36.4 Å². The third-order valence-electron chi connectivity index (χ3n) is 4.65. The van der Waals surface area contributed by atoms with E-state index in [2.05, 4.69) is 21.9 Å². The van der Waals surface area contributed by atoms with Crippen LogP contribution in [0.25, 0.3) is 10.9 Å². The average Bonchev–Trinajstić information content (AvgIpc) is 2.76. The Morgan fingerprint density at radius 1 is 1.29 bits per heavy atom. The SMILES string of the molecule is C=CC(=O)N1CCOc2c1ccc1ncnc(NCc3ccc(OC)cc3)c21. The van der Waals surface area contributed by atoms with Gasteiger partial charge < -0.3 is 19.7 Å². The van der Waals surface area contributed by atoms with Crippen LogP contribution in [0.3, 0.4) is 0 Å². The zero-order chi connectivity index (χ0) is 19.5. The Balaban J connectivity index is 1.70. The number of hydrogen-bond donors (Lipinski definition) is 1. The van der Waals surface area contributed by atoms with Crippen molar-refractivity contribution >= 4 is 28.3 Å². The molecule has 28 heavy (non-hydrogen) atoms. The Morgan fingerprint density at radius 3 is 2.86 bits per heavy atom. The number of amides is 1. The molecule has 0 saturated heterocycles. The van der Waals surface area contributed by atoms with E-state index in [1.165, 1.54) is 12.4 Å². The maximum Gasteiger partial charge on any atom is 0.250 e. The zero-order valence-corrected chi connectivity index (χ0v) is 15.5. The number of anilines is 2. The van der Waals surface area contributed by atoms with Gasteiger partial charge in [0, 0.05) is 6.54 Å². The first kappa shape index (κ1) is 17.8. The number of fused-ring (bicyclic) bond motifs is 3. The van der Waals surface area contributed by atoms with Gasteiger partial charge in [-0.3, -0.25) is 4.79 Å². The summed E-state index contributed by atoms with van der Waals surface area (Å²) in [6.45, 7) is 5.04. The number of ether oxygens (including phenoxy) is 2. The first-order valence-electron chi connectivity index (χ1n) is 8.92. The van der Waals surface area contributed by atoms with Gasteiger partial charge in [-0.2, -0.15) is 0 Å². The van der Waals surface area contributed by atoms with Crippen LogP contribution in [-0.4, -0.2) is 36.1 Å². The summed E-state index contributed by atoms with van der Waals surface area (Å²) in [5, 5.41) is 4.11. The van der Waals surface area contributed by atoms with E-state index in [0.29, 0.717) is 37.0 Å². The predicted molar refractivity (Wildman–Crippen MR) is 108 cm³/mol. The summed E-state index contributed by atoms with van der Waals surface area (Å²) < 4.78 is 11.1. The number of benzene rings is 2. The summed E-state index contributed by atoms with van der Waals surface area (Å²) in [6.07, 6.45) is 2.82. The highest BCUT2D eigenvalue weighted by molar-refractivity contribution is 6.07. The summed E-state index contributed by atoms with van der Waals surface area (Å²) in [7, 11) is 1.64. The van der Waals surface area contributed by atoms with Gasteiger partial charge in [0.25, 0.3) is 5.91 Å².